The fourth-order valence-electron chi connectivity index (χ4n) is 2.64. The molecule has 2 N–H and O–H groups in total. The maximum Gasteiger partial charge on any atom is 0.236 e. The van der Waals surface area contributed by atoms with Crippen LogP contribution in [0.25, 0.3) is 0 Å². The molecule has 1 saturated carbocycles. The quantitative estimate of drug-likeness (QED) is 0.805. The number of carbonyl (C=O) groups is 2. The van der Waals surface area contributed by atoms with Crippen LogP contribution in [0.5, 0.6) is 0 Å². The number of carbonyl (C=O) groups excluding carboxylic acids is 2. The van der Waals surface area contributed by atoms with E-state index in [0.717, 1.165) is 24.8 Å². The number of nitrogens with two attached hydrogens (primary N) is 1. The van der Waals surface area contributed by atoms with Gasteiger partial charge in [-0.25, -0.2) is 0 Å². The Bertz CT molecular complexity index is 439. The van der Waals surface area contributed by atoms with E-state index in [0.29, 0.717) is 11.6 Å². The molecule has 0 heterocycles. The van der Waals surface area contributed by atoms with Crippen molar-refractivity contribution in [2.24, 2.45) is 5.73 Å². The summed E-state index contributed by atoms with van der Waals surface area (Å²) in [4.78, 5) is 24.3. The van der Waals surface area contributed by atoms with E-state index < -0.39 is 0 Å². The van der Waals surface area contributed by atoms with Gasteiger partial charge in [-0.3, -0.25) is 9.59 Å². The fraction of sp³-hybridized carbons (Fsp3) is 0.429. The first-order chi connectivity index (χ1) is 8.72. The van der Waals surface area contributed by atoms with Crippen LogP contribution in [-0.4, -0.2) is 24.8 Å². The molecule has 4 nitrogen and oxygen atoms in total. The van der Waals surface area contributed by atoms with E-state index in [2.05, 4.69) is 0 Å². The lowest BCUT2D eigenvalue weighted by molar-refractivity contribution is -0.116. The highest BCUT2D eigenvalue weighted by Crippen LogP contribution is 2.29. The third-order valence-electron chi connectivity index (χ3n) is 3.46. The second-order valence-electron chi connectivity index (χ2n) is 4.71. The monoisotopic (exact) mass is 246 g/mol. The maximum absolute atomic E-state index is 11.2. The Morgan fingerprint density at radius 1 is 1.33 bits per heavy atom. The van der Waals surface area contributed by atoms with Gasteiger partial charge < -0.3 is 10.6 Å². The van der Waals surface area contributed by atoms with Crippen LogP contribution in [0.3, 0.4) is 0 Å². The number of anilines is 1. The van der Waals surface area contributed by atoms with Crippen molar-refractivity contribution in [3.8, 4) is 0 Å². The zero-order valence-electron chi connectivity index (χ0n) is 10.3. The van der Waals surface area contributed by atoms with Crippen molar-refractivity contribution >= 4 is 17.9 Å². The minimum absolute atomic E-state index is 0.176. The highest BCUT2D eigenvalue weighted by atomic mass is 16.1. The molecule has 0 unspecified atom stereocenters. The Kier molecular flexibility index (Phi) is 3.97. The Morgan fingerprint density at radius 3 is 2.61 bits per heavy atom. The normalized spacial score (nSPS) is 15.6. The van der Waals surface area contributed by atoms with E-state index in [4.69, 9.17) is 5.73 Å². The second-order valence-corrected chi connectivity index (χ2v) is 4.71. The predicted molar refractivity (Wildman–Crippen MR) is 70.6 cm³/mol. The van der Waals surface area contributed by atoms with Gasteiger partial charge in [0.1, 0.15) is 0 Å². The van der Waals surface area contributed by atoms with Crippen molar-refractivity contribution in [3.63, 3.8) is 0 Å². The SMILES string of the molecule is NC(=O)CN(c1ccccc1C=O)C1CCCC1. The summed E-state index contributed by atoms with van der Waals surface area (Å²) in [6.07, 6.45) is 5.28. The number of nitrogens with zero attached hydrogens (tertiary/aromatic N) is 1. The lowest BCUT2D eigenvalue weighted by atomic mass is 10.1. The van der Waals surface area contributed by atoms with Gasteiger partial charge in [0.15, 0.2) is 6.29 Å². The van der Waals surface area contributed by atoms with E-state index in [9.17, 15) is 9.59 Å². The van der Waals surface area contributed by atoms with Crippen LogP contribution in [0.2, 0.25) is 0 Å². The highest BCUT2D eigenvalue weighted by molar-refractivity contribution is 5.87. The molecule has 18 heavy (non-hydrogen) atoms. The summed E-state index contributed by atoms with van der Waals surface area (Å²) in [7, 11) is 0. The third kappa shape index (κ3) is 2.70. The topological polar surface area (TPSA) is 63.4 Å². The van der Waals surface area contributed by atoms with Crippen LogP contribution in [-0.2, 0) is 4.79 Å². The summed E-state index contributed by atoms with van der Waals surface area (Å²) in [6.45, 7) is 0.176. The molecule has 1 amide bonds. The number of aldehydes is 1. The van der Waals surface area contributed by atoms with E-state index >= 15 is 0 Å². The van der Waals surface area contributed by atoms with Gasteiger partial charge in [-0.1, -0.05) is 25.0 Å². The third-order valence-corrected chi connectivity index (χ3v) is 3.46. The minimum atomic E-state index is -0.359. The van der Waals surface area contributed by atoms with Crippen LogP contribution in [0.15, 0.2) is 24.3 Å². The van der Waals surface area contributed by atoms with Crippen molar-refractivity contribution < 1.29 is 9.59 Å². The van der Waals surface area contributed by atoms with Gasteiger partial charge in [-0.15, -0.1) is 0 Å². The number of hydrogen-bond acceptors (Lipinski definition) is 3. The number of hydrogen-bond donors (Lipinski definition) is 1. The van der Waals surface area contributed by atoms with Gasteiger partial charge in [-0.05, 0) is 25.0 Å². The Morgan fingerprint density at radius 2 is 2.00 bits per heavy atom. The molecule has 1 aromatic rings. The number of para-hydroxylation sites is 1. The molecule has 0 bridgehead atoms. The fourth-order valence-corrected chi connectivity index (χ4v) is 2.64. The average molecular weight is 246 g/mol. The largest absolute Gasteiger partial charge is 0.368 e. The second kappa shape index (κ2) is 5.67. The summed E-state index contributed by atoms with van der Waals surface area (Å²) < 4.78 is 0. The zero-order valence-corrected chi connectivity index (χ0v) is 10.3. The number of rotatable bonds is 5. The lowest BCUT2D eigenvalue weighted by Gasteiger charge is -2.30. The molecule has 0 spiro atoms. The lowest BCUT2D eigenvalue weighted by Crippen LogP contribution is -2.40. The summed E-state index contributed by atoms with van der Waals surface area (Å²) in [5.74, 6) is -0.359. The molecule has 0 aromatic heterocycles. The summed E-state index contributed by atoms with van der Waals surface area (Å²) in [5, 5.41) is 0. The van der Waals surface area contributed by atoms with Crippen molar-refractivity contribution in [2.75, 3.05) is 11.4 Å². The maximum atomic E-state index is 11.2. The Balaban J connectivity index is 2.31. The van der Waals surface area contributed by atoms with E-state index in [1.165, 1.54) is 12.8 Å². The zero-order chi connectivity index (χ0) is 13.0. The smallest absolute Gasteiger partial charge is 0.236 e. The van der Waals surface area contributed by atoms with Crippen molar-refractivity contribution in [2.45, 2.75) is 31.7 Å². The first kappa shape index (κ1) is 12.6. The van der Waals surface area contributed by atoms with Crippen LogP contribution in [0.1, 0.15) is 36.0 Å². The van der Waals surface area contributed by atoms with Gasteiger partial charge >= 0.3 is 0 Å². The Labute approximate surface area is 107 Å². The van der Waals surface area contributed by atoms with Crippen LogP contribution < -0.4 is 10.6 Å². The van der Waals surface area contributed by atoms with Gasteiger partial charge in [-0.2, -0.15) is 0 Å². The molecule has 0 radical (unpaired) electrons. The van der Waals surface area contributed by atoms with Crippen LogP contribution in [0.4, 0.5) is 5.69 Å². The van der Waals surface area contributed by atoms with Gasteiger partial charge in [0.25, 0.3) is 0 Å². The molecular formula is C14H18N2O2. The minimum Gasteiger partial charge on any atom is -0.368 e. The Hall–Kier alpha value is -1.84. The molecular weight excluding hydrogens is 228 g/mol. The van der Waals surface area contributed by atoms with Crippen molar-refractivity contribution in [3.05, 3.63) is 29.8 Å². The van der Waals surface area contributed by atoms with Crippen LogP contribution in [0, 0.1) is 0 Å². The molecule has 1 aliphatic carbocycles. The highest BCUT2D eigenvalue weighted by Gasteiger charge is 2.25. The molecule has 2 rings (SSSR count). The van der Waals surface area contributed by atoms with Crippen molar-refractivity contribution in [1.82, 2.24) is 0 Å². The number of primary amides is 1. The first-order valence-electron chi connectivity index (χ1n) is 6.31. The average Bonchev–Trinajstić information content (AvgIpc) is 2.89. The summed E-state index contributed by atoms with van der Waals surface area (Å²) in [5.41, 5.74) is 6.76. The molecule has 4 heteroatoms. The molecule has 96 valence electrons. The van der Waals surface area contributed by atoms with Crippen LogP contribution >= 0.6 is 0 Å². The van der Waals surface area contributed by atoms with E-state index in [1.54, 1.807) is 6.07 Å². The molecule has 0 atom stereocenters. The van der Waals surface area contributed by atoms with Gasteiger partial charge in [0, 0.05) is 17.3 Å². The summed E-state index contributed by atoms with van der Waals surface area (Å²) in [6, 6.07) is 7.67. The molecule has 0 saturated heterocycles. The molecule has 1 aromatic carbocycles. The number of amides is 1. The summed E-state index contributed by atoms with van der Waals surface area (Å²) >= 11 is 0. The van der Waals surface area contributed by atoms with E-state index in [1.807, 2.05) is 23.1 Å². The molecule has 1 aliphatic rings. The van der Waals surface area contributed by atoms with E-state index in [-0.39, 0.29) is 12.5 Å². The first-order valence-corrected chi connectivity index (χ1v) is 6.31. The van der Waals surface area contributed by atoms with Gasteiger partial charge in [0.2, 0.25) is 5.91 Å². The molecule has 0 aliphatic heterocycles. The van der Waals surface area contributed by atoms with Crippen molar-refractivity contribution in [1.29, 1.82) is 0 Å². The predicted octanol–water partition coefficient (Wildman–Crippen LogP) is 1.73. The number of benzene rings is 1. The standard InChI is InChI=1S/C14H18N2O2/c15-14(18)9-16(12-6-2-3-7-12)13-8-4-1-5-11(13)10-17/h1,4-5,8,10,12H,2-3,6-7,9H2,(H2,15,18). The molecule has 1 fully saturated rings. The van der Waals surface area contributed by atoms with Gasteiger partial charge in [0.05, 0.1) is 6.54 Å².